The number of nitrogens with zero attached hydrogens (tertiary/aromatic N) is 1. The highest BCUT2D eigenvalue weighted by molar-refractivity contribution is 7.99. The Morgan fingerprint density at radius 1 is 1.50 bits per heavy atom. The van der Waals surface area contributed by atoms with Crippen molar-refractivity contribution in [2.24, 2.45) is 5.73 Å². The Hall–Kier alpha value is -1.75. The average Bonchev–Trinajstić information content (AvgIpc) is 2.65. The van der Waals surface area contributed by atoms with E-state index in [4.69, 9.17) is 15.6 Å². The summed E-state index contributed by atoms with van der Waals surface area (Å²) in [6.07, 6.45) is 3.32. The number of aromatic nitrogens is 1. The maximum atomic E-state index is 7.46. The summed E-state index contributed by atoms with van der Waals surface area (Å²) in [5, 5.41) is 8.18. The molecule has 0 aliphatic heterocycles. The summed E-state index contributed by atoms with van der Waals surface area (Å²) in [5.74, 6) is 0.863. The fourth-order valence-corrected chi connectivity index (χ4v) is 2.19. The molecule has 0 bridgehead atoms. The lowest BCUT2D eigenvalue weighted by molar-refractivity contribution is 0.527. The first kappa shape index (κ1) is 10.8. The Kier molecular flexibility index (Phi) is 2.96. The fourth-order valence-electron chi connectivity index (χ4n) is 1.26. The van der Waals surface area contributed by atoms with Crippen LogP contribution in [0.4, 0.5) is 0 Å². The quantitative estimate of drug-likeness (QED) is 0.630. The van der Waals surface area contributed by atoms with Crippen LogP contribution in [0.5, 0.6) is 0 Å². The smallest absolute Gasteiger partial charge is 0.125 e. The van der Waals surface area contributed by atoms with Crippen molar-refractivity contribution in [2.75, 3.05) is 0 Å². The summed E-state index contributed by atoms with van der Waals surface area (Å²) < 4.78 is 5.20. The van der Waals surface area contributed by atoms with Gasteiger partial charge in [0.15, 0.2) is 0 Å². The third kappa shape index (κ3) is 2.09. The predicted molar refractivity (Wildman–Crippen MR) is 62.8 cm³/mol. The first-order valence-corrected chi connectivity index (χ1v) is 5.51. The van der Waals surface area contributed by atoms with E-state index in [1.54, 1.807) is 24.6 Å². The standard InChI is InChI=1S/C11H11N3OS/c1-7-9(4-6-15-7)16-11-8(10(12)13)3-2-5-14-11/h2-6H,1H3,(H3,12,13). The summed E-state index contributed by atoms with van der Waals surface area (Å²) in [5.41, 5.74) is 6.13. The molecule has 2 aromatic rings. The zero-order valence-electron chi connectivity index (χ0n) is 8.73. The minimum absolute atomic E-state index is 0.0248. The Morgan fingerprint density at radius 2 is 2.31 bits per heavy atom. The highest BCUT2D eigenvalue weighted by Gasteiger charge is 2.10. The van der Waals surface area contributed by atoms with E-state index in [2.05, 4.69) is 4.98 Å². The van der Waals surface area contributed by atoms with Crippen molar-refractivity contribution in [3.05, 3.63) is 42.0 Å². The van der Waals surface area contributed by atoms with Gasteiger partial charge in [-0.05, 0) is 25.1 Å². The third-order valence-electron chi connectivity index (χ3n) is 2.08. The van der Waals surface area contributed by atoms with Crippen molar-refractivity contribution >= 4 is 17.6 Å². The maximum Gasteiger partial charge on any atom is 0.125 e. The van der Waals surface area contributed by atoms with E-state index < -0.39 is 0 Å². The van der Waals surface area contributed by atoms with Crippen LogP contribution in [0.15, 0.2) is 45.0 Å². The molecule has 0 fully saturated rings. The number of nitrogens with one attached hydrogen (secondary N) is 1. The van der Waals surface area contributed by atoms with E-state index in [-0.39, 0.29) is 5.84 Å². The molecule has 0 spiro atoms. The molecule has 0 aliphatic carbocycles. The van der Waals surface area contributed by atoms with Gasteiger partial charge in [-0.15, -0.1) is 0 Å². The van der Waals surface area contributed by atoms with Crippen LogP contribution in [-0.2, 0) is 0 Å². The van der Waals surface area contributed by atoms with Gasteiger partial charge in [-0.3, -0.25) is 5.41 Å². The van der Waals surface area contributed by atoms with Crippen LogP contribution in [0.25, 0.3) is 0 Å². The Bertz CT molecular complexity index is 521. The molecule has 82 valence electrons. The lowest BCUT2D eigenvalue weighted by Gasteiger charge is -2.05. The van der Waals surface area contributed by atoms with E-state index >= 15 is 0 Å². The second-order valence-corrected chi connectivity index (χ2v) is 4.24. The van der Waals surface area contributed by atoms with Crippen molar-refractivity contribution in [3.63, 3.8) is 0 Å². The van der Waals surface area contributed by atoms with E-state index in [9.17, 15) is 0 Å². The van der Waals surface area contributed by atoms with Gasteiger partial charge in [0.1, 0.15) is 16.6 Å². The number of aryl methyl sites for hydroxylation is 1. The normalized spacial score (nSPS) is 10.3. The van der Waals surface area contributed by atoms with Gasteiger partial charge in [0, 0.05) is 11.8 Å². The van der Waals surface area contributed by atoms with Gasteiger partial charge in [0.2, 0.25) is 0 Å². The molecule has 3 N–H and O–H groups in total. The number of amidine groups is 1. The monoisotopic (exact) mass is 233 g/mol. The Labute approximate surface area is 97.4 Å². The highest BCUT2D eigenvalue weighted by atomic mass is 32.2. The second-order valence-electron chi connectivity index (χ2n) is 3.21. The van der Waals surface area contributed by atoms with Gasteiger partial charge in [-0.1, -0.05) is 11.8 Å². The first-order chi connectivity index (χ1) is 7.68. The van der Waals surface area contributed by atoms with Crippen molar-refractivity contribution in [2.45, 2.75) is 16.8 Å². The van der Waals surface area contributed by atoms with E-state index in [0.717, 1.165) is 15.7 Å². The largest absolute Gasteiger partial charge is 0.468 e. The van der Waals surface area contributed by atoms with Crippen LogP contribution in [-0.4, -0.2) is 10.8 Å². The molecule has 2 aromatic heterocycles. The zero-order valence-corrected chi connectivity index (χ0v) is 9.54. The summed E-state index contributed by atoms with van der Waals surface area (Å²) in [6.45, 7) is 1.89. The molecule has 16 heavy (non-hydrogen) atoms. The molecular formula is C11H11N3OS. The van der Waals surface area contributed by atoms with E-state index in [1.807, 2.05) is 13.0 Å². The number of hydrogen-bond donors (Lipinski definition) is 2. The summed E-state index contributed by atoms with van der Waals surface area (Å²) >= 11 is 1.45. The summed E-state index contributed by atoms with van der Waals surface area (Å²) in [6, 6.07) is 5.43. The molecule has 0 aliphatic rings. The number of hydrogen-bond acceptors (Lipinski definition) is 4. The van der Waals surface area contributed by atoms with Crippen LogP contribution in [0.3, 0.4) is 0 Å². The fraction of sp³-hybridized carbons (Fsp3) is 0.0909. The number of nitrogen functional groups attached to an aromatic ring is 1. The van der Waals surface area contributed by atoms with Crippen LogP contribution >= 0.6 is 11.8 Å². The Balaban J connectivity index is 2.35. The predicted octanol–water partition coefficient (Wildman–Crippen LogP) is 2.42. The lowest BCUT2D eigenvalue weighted by atomic mass is 10.3. The number of pyridine rings is 1. The van der Waals surface area contributed by atoms with Gasteiger partial charge in [-0.2, -0.15) is 0 Å². The molecule has 0 amide bonds. The van der Waals surface area contributed by atoms with Crippen LogP contribution in [0.2, 0.25) is 0 Å². The van der Waals surface area contributed by atoms with Crippen molar-refractivity contribution < 1.29 is 4.42 Å². The van der Waals surface area contributed by atoms with Crippen LogP contribution in [0, 0.1) is 12.3 Å². The third-order valence-corrected chi connectivity index (χ3v) is 3.24. The van der Waals surface area contributed by atoms with Gasteiger partial charge in [0.05, 0.1) is 11.2 Å². The summed E-state index contributed by atoms with van der Waals surface area (Å²) in [7, 11) is 0. The van der Waals surface area contributed by atoms with Crippen molar-refractivity contribution in [1.29, 1.82) is 5.41 Å². The average molecular weight is 233 g/mol. The minimum Gasteiger partial charge on any atom is -0.468 e. The van der Waals surface area contributed by atoms with Gasteiger partial charge in [-0.25, -0.2) is 4.98 Å². The molecule has 0 radical (unpaired) electrons. The van der Waals surface area contributed by atoms with Crippen LogP contribution < -0.4 is 5.73 Å². The van der Waals surface area contributed by atoms with Gasteiger partial charge < -0.3 is 10.2 Å². The maximum absolute atomic E-state index is 7.46. The van der Waals surface area contributed by atoms with E-state index in [1.165, 1.54) is 11.8 Å². The van der Waals surface area contributed by atoms with Gasteiger partial charge >= 0.3 is 0 Å². The molecular weight excluding hydrogens is 222 g/mol. The highest BCUT2D eigenvalue weighted by Crippen LogP contribution is 2.31. The summed E-state index contributed by atoms with van der Waals surface area (Å²) in [4.78, 5) is 5.20. The molecule has 0 aromatic carbocycles. The van der Waals surface area contributed by atoms with Crippen molar-refractivity contribution in [1.82, 2.24) is 4.98 Å². The Morgan fingerprint density at radius 3 is 2.94 bits per heavy atom. The first-order valence-electron chi connectivity index (χ1n) is 4.70. The molecule has 0 saturated heterocycles. The number of nitrogens with two attached hydrogens (primary N) is 1. The lowest BCUT2D eigenvalue weighted by Crippen LogP contribution is -2.12. The van der Waals surface area contributed by atoms with Crippen LogP contribution in [0.1, 0.15) is 11.3 Å². The second kappa shape index (κ2) is 4.40. The molecule has 0 atom stereocenters. The molecule has 4 nitrogen and oxygen atoms in total. The minimum atomic E-state index is 0.0248. The SMILES string of the molecule is Cc1occc1Sc1ncccc1C(=N)N. The zero-order chi connectivity index (χ0) is 11.5. The van der Waals surface area contributed by atoms with Gasteiger partial charge in [0.25, 0.3) is 0 Å². The topological polar surface area (TPSA) is 75.9 Å². The number of furan rings is 1. The molecule has 5 heteroatoms. The molecule has 2 heterocycles. The molecule has 0 unspecified atom stereocenters. The molecule has 0 saturated carbocycles. The van der Waals surface area contributed by atoms with E-state index in [0.29, 0.717) is 5.56 Å². The van der Waals surface area contributed by atoms with Crippen molar-refractivity contribution in [3.8, 4) is 0 Å². The molecule has 2 rings (SSSR count). The number of rotatable bonds is 3.